The van der Waals surface area contributed by atoms with Gasteiger partial charge >= 0.3 is 0 Å². The van der Waals surface area contributed by atoms with Crippen molar-refractivity contribution in [1.29, 1.82) is 0 Å². The molecule has 0 aliphatic heterocycles. The van der Waals surface area contributed by atoms with Crippen molar-refractivity contribution in [2.45, 2.75) is 0 Å². The van der Waals surface area contributed by atoms with Gasteiger partial charge in [0, 0.05) is 11.2 Å². The molecular formula is C13H10ClN3O. The maximum atomic E-state index is 5.95. The van der Waals surface area contributed by atoms with E-state index in [4.69, 9.17) is 16.3 Å². The van der Waals surface area contributed by atoms with E-state index in [0.717, 1.165) is 22.4 Å². The summed E-state index contributed by atoms with van der Waals surface area (Å²) in [6.45, 7) is 0. The molecule has 0 spiro atoms. The number of pyridine rings is 1. The Kier molecular flexibility index (Phi) is 2.64. The Labute approximate surface area is 109 Å². The minimum atomic E-state index is 0.680. The molecule has 0 bridgehead atoms. The molecule has 0 aliphatic carbocycles. The lowest BCUT2D eigenvalue weighted by molar-refractivity contribution is 0.414. The minimum absolute atomic E-state index is 0.680. The number of H-pyrrole nitrogens is 1. The predicted octanol–water partition coefficient (Wildman–Crippen LogP) is 3.29. The van der Waals surface area contributed by atoms with E-state index in [-0.39, 0.29) is 0 Å². The first-order valence-corrected chi connectivity index (χ1v) is 5.79. The second-order valence-corrected chi connectivity index (χ2v) is 4.26. The van der Waals surface area contributed by atoms with Gasteiger partial charge < -0.3 is 9.72 Å². The lowest BCUT2D eigenvalue weighted by Gasteiger charge is -2.03. The van der Waals surface area contributed by atoms with E-state index in [1.165, 1.54) is 0 Å². The van der Waals surface area contributed by atoms with Crippen LogP contribution in [0.25, 0.3) is 22.4 Å². The van der Waals surface area contributed by atoms with Gasteiger partial charge in [0.15, 0.2) is 0 Å². The molecular weight excluding hydrogens is 250 g/mol. The molecule has 0 radical (unpaired) electrons. The standard InChI is InChI=1S/C13H10ClN3O/c1-18-12-7-15-5-4-9(12)13-16-10-3-2-8(14)6-11(10)17-13/h2-7H,1H3,(H,16,17). The summed E-state index contributed by atoms with van der Waals surface area (Å²) >= 11 is 5.95. The molecule has 0 fully saturated rings. The van der Waals surface area contributed by atoms with Gasteiger partial charge in [-0.3, -0.25) is 4.98 Å². The molecule has 1 aromatic carbocycles. The fraction of sp³-hybridized carbons (Fsp3) is 0.0769. The highest BCUT2D eigenvalue weighted by Crippen LogP contribution is 2.28. The normalized spacial score (nSPS) is 10.8. The molecule has 90 valence electrons. The van der Waals surface area contributed by atoms with Crippen molar-refractivity contribution in [1.82, 2.24) is 15.0 Å². The first-order chi connectivity index (χ1) is 8.78. The number of nitrogens with one attached hydrogen (secondary N) is 1. The number of aromatic nitrogens is 3. The number of fused-ring (bicyclic) bond motifs is 1. The summed E-state index contributed by atoms with van der Waals surface area (Å²) < 4.78 is 5.27. The van der Waals surface area contributed by atoms with E-state index in [2.05, 4.69) is 15.0 Å². The van der Waals surface area contributed by atoms with Crippen molar-refractivity contribution in [3.05, 3.63) is 41.7 Å². The van der Waals surface area contributed by atoms with Crippen molar-refractivity contribution in [3.63, 3.8) is 0 Å². The van der Waals surface area contributed by atoms with Crippen LogP contribution in [0.5, 0.6) is 5.75 Å². The third-order valence-corrected chi connectivity index (χ3v) is 2.94. The van der Waals surface area contributed by atoms with Gasteiger partial charge in [0.25, 0.3) is 0 Å². The highest BCUT2D eigenvalue weighted by Gasteiger charge is 2.10. The fourth-order valence-electron chi connectivity index (χ4n) is 1.85. The number of methoxy groups -OCH3 is 1. The third kappa shape index (κ3) is 1.80. The summed E-state index contributed by atoms with van der Waals surface area (Å²) in [5, 5.41) is 0.680. The van der Waals surface area contributed by atoms with Crippen LogP contribution in [0.4, 0.5) is 0 Å². The topological polar surface area (TPSA) is 50.8 Å². The van der Waals surface area contributed by atoms with Crippen LogP contribution in [0.1, 0.15) is 0 Å². The average Bonchev–Trinajstić information content (AvgIpc) is 2.81. The Morgan fingerprint density at radius 1 is 1.28 bits per heavy atom. The summed E-state index contributed by atoms with van der Waals surface area (Å²) in [6, 6.07) is 7.41. The maximum Gasteiger partial charge on any atom is 0.148 e. The van der Waals surface area contributed by atoms with Crippen molar-refractivity contribution in [2.75, 3.05) is 7.11 Å². The summed E-state index contributed by atoms with van der Waals surface area (Å²) in [4.78, 5) is 11.8. The van der Waals surface area contributed by atoms with Crippen LogP contribution < -0.4 is 4.74 Å². The number of ether oxygens (including phenoxy) is 1. The number of halogens is 1. The second kappa shape index (κ2) is 4.31. The molecule has 0 saturated carbocycles. The molecule has 0 unspecified atom stereocenters. The first-order valence-electron chi connectivity index (χ1n) is 5.41. The van der Waals surface area contributed by atoms with Crippen LogP contribution in [-0.2, 0) is 0 Å². The monoisotopic (exact) mass is 259 g/mol. The Bertz CT molecular complexity index is 708. The number of rotatable bonds is 2. The molecule has 5 heteroatoms. The highest BCUT2D eigenvalue weighted by molar-refractivity contribution is 6.31. The van der Waals surface area contributed by atoms with E-state index in [9.17, 15) is 0 Å². The third-order valence-electron chi connectivity index (χ3n) is 2.70. The summed E-state index contributed by atoms with van der Waals surface area (Å²) in [6.07, 6.45) is 3.37. The Balaban J connectivity index is 2.19. The zero-order chi connectivity index (χ0) is 12.5. The SMILES string of the molecule is COc1cnccc1-c1nc2ccc(Cl)cc2[nH]1. The zero-order valence-electron chi connectivity index (χ0n) is 9.64. The summed E-state index contributed by atoms with van der Waals surface area (Å²) in [5.74, 6) is 1.43. The smallest absolute Gasteiger partial charge is 0.148 e. The maximum absolute atomic E-state index is 5.95. The van der Waals surface area contributed by atoms with Crippen LogP contribution in [-0.4, -0.2) is 22.1 Å². The Morgan fingerprint density at radius 2 is 2.17 bits per heavy atom. The second-order valence-electron chi connectivity index (χ2n) is 3.82. The van der Waals surface area contributed by atoms with Gasteiger partial charge in [-0.2, -0.15) is 0 Å². The van der Waals surface area contributed by atoms with Gasteiger partial charge in [0.2, 0.25) is 0 Å². The minimum Gasteiger partial charge on any atom is -0.494 e. The van der Waals surface area contributed by atoms with Crippen LogP contribution >= 0.6 is 11.6 Å². The highest BCUT2D eigenvalue weighted by atomic mass is 35.5. The molecule has 4 nitrogen and oxygen atoms in total. The Morgan fingerprint density at radius 3 is 3.00 bits per heavy atom. The van der Waals surface area contributed by atoms with Gasteiger partial charge in [-0.05, 0) is 24.3 Å². The molecule has 2 aromatic heterocycles. The molecule has 18 heavy (non-hydrogen) atoms. The van der Waals surface area contributed by atoms with E-state index >= 15 is 0 Å². The van der Waals surface area contributed by atoms with Crippen LogP contribution in [0.15, 0.2) is 36.7 Å². The zero-order valence-corrected chi connectivity index (χ0v) is 10.4. The summed E-state index contributed by atoms with van der Waals surface area (Å²) in [5.41, 5.74) is 2.64. The van der Waals surface area contributed by atoms with Crippen molar-refractivity contribution < 1.29 is 4.74 Å². The van der Waals surface area contributed by atoms with E-state index in [0.29, 0.717) is 10.8 Å². The lowest BCUT2D eigenvalue weighted by atomic mass is 10.2. The van der Waals surface area contributed by atoms with E-state index in [1.807, 2.05) is 24.3 Å². The predicted molar refractivity (Wildman–Crippen MR) is 70.9 cm³/mol. The van der Waals surface area contributed by atoms with Crippen LogP contribution in [0.2, 0.25) is 5.02 Å². The Hall–Kier alpha value is -2.07. The van der Waals surface area contributed by atoms with Gasteiger partial charge in [0.05, 0.1) is 29.9 Å². The van der Waals surface area contributed by atoms with E-state index < -0.39 is 0 Å². The van der Waals surface area contributed by atoms with E-state index in [1.54, 1.807) is 19.5 Å². The van der Waals surface area contributed by atoms with Crippen molar-refractivity contribution in [2.24, 2.45) is 0 Å². The number of hydrogen-bond donors (Lipinski definition) is 1. The molecule has 0 atom stereocenters. The number of imidazole rings is 1. The van der Waals surface area contributed by atoms with Gasteiger partial charge in [0.1, 0.15) is 11.6 Å². The quantitative estimate of drug-likeness (QED) is 0.768. The average molecular weight is 260 g/mol. The number of benzene rings is 1. The number of aromatic amines is 1. The van der Waals surface area contributed by atoms with Crippen molar-refractivity contribution >= 4 is 22.6 Å². The number of nitrogens with zero attached hydrogens (tertiary/aromatic N) is 2. The first kappa shape index (κ1) is 11.0. The molecule has 0 saturated heterocycles. The van der Waals surface area contributed by atoms with Crippen LogP contribution in [0.3, 0.4) is 0 Å². The molecule has 0 amide bonds. The van der Waals surface area contributed by atoms with Gasteiger partial charge in [-0.15, -0.1) is 0 Å². The molecule has 3 rings (SSSR count). The molecule has 2 heterocycles. The van der Waals surface area contributed by atoms with Crippen LogP contribution in [0, 0.1) is 0 Å². The largest absolute Gasteiger partial charge is 0.494 e. The lowest BCUT2D eigenvalue weighted by Crippen LogP contribution is -1.89. The van der Waals surface area contributed by atoms with Crippen molar-refractivity contribution in [3.8, 4) is 17.1 Å². The van der Waals surface area contributed by atoms with Gasteiger partial charge in [-0.25, -0.2) is 4.98 Å². The summed E-state index contributed by atoms with van der Waals surface area (Å²) in [7, 11) is 1.61. The fourth-order valence-corrected chi connectivity index (χ4v) is 2.02. The molecule has 1 N–H and O–H groups in total. The molecule has 0 aliphatic rings. The number of hydrogen-bond acceptors (Lipinski definition) is 3. The molecule has 3 aromatic rings. The van der Waals surface area contributed by atoms with Gasteiger partial charge in [-0.1, -0.05) is 11.6 Å².